The van der Waals surface area contributed by atoms with Crippen LogP contribution in [0, 0.1) is 5.92 Å². The van der Waals surface area contributed by atoms with Crippen LogP contribution in [0.15, 0.2) is 35.8 Å². The standard InChI is InChI=1S/C17H25N3S/c1-5-20(6-2)16-10-9-14(12-18-16)19-17(13(3)4)15-8-7-11-21-15/h7-13,17,19H,5-6H2,1-4H3. The van der Waals surface area contributed by atoms with Gasteiger partial charge in [-0.05, 0) is 43.3 Å². The Morgan fingerprint density at radius 1 is 1.19 bits per heavy atom. The molecule has 0 radical (unpaired) electrons. The smallest absolute Gasteiger partial charge is 0.128 e. The lowest BCUT2D eigenvalue weighted by Crippen LogP contribution is -2.23. The molecular formula is C17H25N3S. The molecule has 0 aliphatic heterocycles. The van der Waals surface area contributed by atoms with Crippen molar-refractivity contribution in [3.63, 3.8) is 0 Å². The molecule has 0 aliphatic carbocycles. The summed E-state index contributed by atoms with van der Waals surface area (Å²) in [7, 11) is 0. The molecule has 0 saturated heterocycles. The third-order valence-electron chi connectivity index (χ3n) is 3.67. The molecule has 0 spiro atoms. The van der Waals surface area contributed by atoms with Gasteiger partial charge >= 0.3 is 0 Å². The van der Waals surface area contributed by atoms with E-state index in [9.17, 15) is 0 Å². The number of thiophene rings is 1. The van der Waals surface area contributed by atoms with Crippen LogP contribution in [0.1, 0.15) is 38.6 Å². The van der Waals surface area contributed by atoms with Gasteiger partial charge in [-0.25, -0.2) is 4.98 Å². The van der Waals surface area contributed by atoms with Gasteiger partial charge in [-0.2, -0.15) is 0 Å². The molecule has 1 unspecified atom stereocenters. The lowest BCUT2D eigenvalue weighted by Gasteiger charge is -2.23. The molecule has 4 heteroatoms. The molecule has 3 nitrogen and oxygen atoms in total. The summed E-state index contributed by atoms with van der Waals surface area (Å²) < 4.78 is 0. The minimum absolute atomic E-state index is 0.339. The maximum Gasteiger partial charge on any atom is 0.128 e. The fourth-order valence-corrected chi connectivity index (χ4v) is 3.37. The number of nitrogens with zero attached hydrogens (tertiary/aromatic N) is 2. The normalized spacial score (nSPS) is 12.4. The van der Waals surface area contributed by atoms with Crippen LogP contribution in [0.25, 0.3) is 0 Å². The molecule has 0 bridgehead atoms. The molecule has 2 rings (SSSR count). The highest BCUT2D eigenvalue weighted by atomic mass is 32.1. The van der Waals surface area contributed by atoms with Crippen LogP contribution in [0.2, 0.25) is 0 Å². The van der Waals surface area contributed by atoms with Crippen molar-refractivity contribution in [2.75, 3.05) is 23.3 Å². The van der Waals surface area contributed by atoms with Crippen LogP contribution >= 0.6 is 11.3 Å². The van der Waals surface area contributed by atoms with Crippen molar-refractivity contribution < 1.29 is 0 Å². The second-order valence-electron chi connectivity index (χ2n) is 5.46. The van der Waals surface area contributed by atoms with Gasteiger partial charge in [-0.3, -0.25) is 0 Å². The minimum Gasteiger partial charge on any atom is -0.376 e. The number of nitrogens with one attached hydrogen (secondary N) is 1. The molecule has 0 saturated carbocycles. The van der Waals surface area contributed by atoms with Crippen LogP contribution in [-0.4, -0.2) is 18.1 Å². The van der Waals surface area contributed by atoms with Gasteiger partial charge in [0.05, 0.1) is 17.9 Å². The van der Waals surface area contributed by atoms with E-state index in [0.717, 1.165) is 24.6 Å². The molecule has 2 aromatic heterocycles. The topological polar surface area (TPSA) is 28.2 Å². The fraction of sp³-hybridized carbons (Fsp3) is 0.471. The Morgan fingerprint density at radius 3 is 2.43 bits per heavy atom. The van der Waals surface area contributed by atoms with Crippen molar-refractivity contribution in [3.05, 3.63) is 40.7 Å². The molecule has 0 fully saturated rings. The second-order valence-corrected chi connectivity index (χ2v) is 6.44. The van der Waals surface area contributed by atoms with Crippen molar-refractivity contribution in [1.29, 1.82) is 0 Å². The summed E-state index contributed by atoms with van der Waals surface area (Å²) in [4.78, 5) is 8.21. The van der Waals surface area contributed by atoms with Crippen molar-refractivity contribution in [3.8, 4) is 0 Å². The second kappa shape index (κ2) is 7.46. The van der Waals surface area contributed by atoms with Gasteiger partial charge in [0.1, 0.15) is 5.82 Å². The monoisotopic (exact) mass is 303 g/mol. The van der Waals surface area contributed by atoms with E-state index in [4.69, 9.17) is 0 Å². The van der Waals surface area contributed by atoms with E-state index in [1.807, 2.05) is 6.20 Å². The molecule has 0 amide bonds. The zero-order valence-electron chi connectivity index (χ0n) is 13.3. The number of hydrogen-bond donors (Lipinski definition) is 1. The predicted molar refractivity (Wildman–Crippen MR) is 93.3 cm³/mol. The molecule has 0 aromatic carbocycles. The van der Waals surface area contributed by atoms with Gasteiger partial charge in [0.2, 0.25) is 0 Å². The fourth-order valence-electron chi connectivity index (χ4n) is 2.42. The van der Waals surface area contributed by atoms with Gasteiger partial charge in [0.15, 0.2) is 0 Å². The van der Waals surface area contributed by atoms with E-state index in [1.54, 1.807) is 11.3 Å². The van der Waals surface area contributed by atoms with E-state index < -0.39 is 0 Å². The first-order valence-electron chi connectivity index (χ1n) is 7.66. The summed E-state index contributed by atoms with van der Waals surface area (Å²) >= 11 is 1.80. The Balaban J connectivity index is 2.11. The number of aromatic nitrogens is 1. The third-order valence-corrected chi connectivity index (χ3v) is 4.63. The Morgan fingerprint density at radius 2 is 1.95 bits per heavy atom. The highest BCUT2D eigenvalue weighted by molar-refractivity contribution is 7.10. The average molecular weight is 303 g/mol. The third kappa shape index (κ3) is 3.97. The Kier molecular flexibility index (Phi) is 5.62. The first-order valence-corrected chi connectivity index (χ1v) is 8.54. The molecule has 1 N–H and O–H groups in total. The quantitative estimate of drug-likeness (QED) is 0.796. The Labute approximate surface area is 132 Å². The van der Waals surface area contributed by atoms with Crippen molar-refractivity contribution in [2.45, 2.75) is 33.7 Å². The van der Waals surface area contributed by atoms with Crippen LogP contribution in [-0.2, 0) is 0 Å². The van der Waals surface area contributed by atoms with Crippen LogP contribution < -0.4 is 10.2 Å². The summed E-state index contributed by atoms with van der Waals surface area (Å²) in [6.07, 6.45) is 1.94. The van der Waals surface area contributed by atoms with Gasteiger partial charge in [0.25, 0.3) is 0 Å². The van der Waals surface area contributed by atoms with Crippen molar-refractivity contribution in [1.82, 2.24) is 4.98 Å². The summed E-state index contributed by atoms with van der Waals surface area (Å²) in [6.45, 7) is 10.8. The van der Waals surface area contributed by atoms with Crippen LogP contribution in [0.3, 0.4) is 0 Å². The summed E-state index contributed by atoms with van der Waals surface area (Å²) in [5.41, 5.74) is 1.08. The maximum absolute atomic E-state index is 4.58. The van der Waals surface area contributed by atoms with Gasteiger partial charge < -0.3 is 10.2 Å². The molecule has 114 valence electrons. The SMILES string of the molecule is CCN(CC)c1ccc(NC(c2cccs2)C(C)C)cn1. The lowest BCUT2D eigenvalue weighted by molar-refractivity contribution is 0.553. The van der Waals surface area contributed by atoms with Gasteiger partial charge in [-0.15, -0.1) is 11.3 Å². The zero-order chi connectivity index (χ0) is 15.2. The molecule has 21 heavy (non-hydrogen) atoms. The highest BCUT2D eigenvalue weighted by Crippen LogP contribution is 2.29. The van der Waals surface area contributed by atoms with E-state index in [1.165, 1.54) is 4.88 Å². The molecular weight excluding hydrogens is 278 g/mol. The lowest BCUT2D eigenvalue weighted by atomic mass is 10.0. The number of rotatable bonds is 7. The average Bonchev–Trinajstić information content (AvgIpc) is 3.01. The summed E-state index contributed by atoms with van der Waals surface area (Å²) in [5.74, 6) is 1.58. The molecule has 2 heterocycles. The zero-order valence-corrected chi connectivity index (χ0v) is 14.2. The van der Waals surface area contributed by atoms with Crippen molar-refractivity contribution >= 4 is 22.8 Å². The number of anilines is 2. The highest BCUT2D eigenvalue weighted by Gasteiger charge is 2.16. The van der Waals surface area contributed by atoms with Crippen LogP contribution in [0.5, 0.6) is 0 Å². The number of pyridine rings is 1. The van der Waals surface area contributed by atoms with E-state index >= 15 is 0 Å². The van der Waals surface area contributed by atoms with E-state index in [-0.39, 0.29) is 0 Å². The van der Waals surface area contributed by atoms with E-state index in [0.29, 0.717) is 12.0 Å². The predicted octanol–water partition coefficient (Wildman–Crippen LogP) is 4.80. The van der Waals surface area contributed by atoms with Gasteiger partial charge in [0, 0.05) is 18.0 Å². The molecule has 2 aromatic rings. The largest absolute Gasteiger partial charge is 0.376 e. The minimum atomic E-state index is 0.339. The number of hydrogen-bond acceptors (Lipinski definition) is 4. The van der Waals surface area contributed by atoms with Gasteiger partial charge in [-0.1, -0.05) is 19.9 Å². The Bertz CT molecular complexity index is 515. The summed E-state index contributed by atoms with van der Waals surface area (Å²) in [5, 5.41) is 5.75. The maximum atomic E-state index is 4.58. The van der Waals surface area contributed by atoms with Crippen LogP contribution in [0.4, 0.5) is 11.5 Å². The first-order chi connectivity index (χ1) is 10.2. The molecule has 0 aliphatic rings. The van der Waals surface area contributed by atoms with Crippen molar-refractivity contribution in [2.24, 2.45) is 5.92 Å². The summed E-state index contributed by atoms with van der Waals surface area (Å²) in [6, 6.07) is 8.87. The first kappa shape index (κ1) is 15.8. The van der Waals surface area contributed by atoms with E-state index in [2.05, 4.69) is 72.5 Å². The Hall–Kier alpha value is -1.55. The molecule has 1 atom stereocenters.